The minimum absolute atomic E-state index is 0.582. The van der Waals surface area contributed by atoms with E-state index in [1.807, 2.05) is 5.51 Å². The zero-order valence-corrected chi connectivity index (χ0v) is 11.7. The average molecular weight is 253 g/mol. The van der Waals surface area contributed by atoms with Crippen LogP contribution in [0.4, 0.5) is 0 Å². The lowest BCUT2D eigenvalue weighted by molar-refractivity contribution is 0.134. The summed E-state index contributed by atoms with van der Waals surface area (Å²) < 4.78 is 0. The highest BCUT2D eigenvalue weighted by molar-refractivity contribution is 7.07. The van der Waals surface area contributed by atoms with Crippen LogP contribution in [0.15, 0.2) is 10.9 Å². The summed E-state index contributed by atoms with van der Waals surface area (Å²) in [6.45, 7) is 7.79. The molecule has 1 atom stereocenters. The standard InChI is InChI=1S/C13H23N3S/c1-11(2)14-7-13-5-3-4-6-16(13)8-12-9-17-10-15-12/h9-11,13-14H,3-8H2,1-2H3. The van der Waals surface area contributed by atoms with Crippen LogP contribution in [0.2, 0.25) is 0 Å². The number of hydrogen-bond acceptors (Lipinski definition) is 4. The minimum Gasteiger partial charge on any atom is -0.313 e. The van der Waals surface area contributed by atoms with Crippen molar-refractivity contribution >= 4 is 11.3 Å². The van der Waals surface area contributed by atoms with Crippen LogP contribution < -0.4 is 5.32 Å². The van der Waals surface area contributed by atoms with E-state index in [4.69, 9.17) is 0 Å². The number of piperidine rings is 1. The predicted octanol–water partition coefficient (Wildman–Crippen LogP) is 2.50. The van der Waals surface area contributed by atoms with E-state index in [1.54, 1.807) is 11.3 Å². The summed E-state index contributed by atoms with van der Waals surface area (Å²) in [4.78, 5) is 6.99. The molecule has 1 N–H and O–H groups in total. The molecule has 1 aromatic heterocycles. The van der Waals surface area contributed by atoms with E-state index in [-0.39, 0.29) is 0 Å². The third-order valence-electron chi connectivity index (χ3n) is 3.36. The van der Waals surface area contributed by atoms with Crippen LogP contribution in [0.25, 0.3) is 0 Å². The molecule has 4 heteroatoms. The fourth-order valence-electron chi connectivity index (χ4n) is 2.39. The van der Waals surface area contributed by atoms with Gasteiger partial charge in [-0.15, -0.1) is 11.3 Å². The van der Waals surface area contributed by atoms with Crippen molar-refractivity contribution in [2.75, 3.05) is 13.1 Å². The van der Waals surface area contributed by atoms with E-state index < -0.39 is 0 Å². The molecule has 0 aromatic carbocycles. The Morgan fingerprint density at radius 3 is 3.12 bits per heavy atom. The third-order valence-corrected chi connectivity index (χ3v) is 3.99. The first-order valence-electron chi connectivity index (χ1n) is 6.60. The highest BCUT2D eigenvalue weighted by atomic mass is 32.1. The number of thiazole rings is 1. The van der Waals surface area contributed by atoms with E-state index >= 15 is 0 Å². The number of nitrogens with one attached hydrogen (secondary N) is 1. The summed E-state index contributed by atoms with van der Waals surface area (Å²) in [5.74, 6) is 0. The Kier molecular flexibility index (Phi) is 4.95. The zero-order valence-electron chi connectivity index (χ0n) is 10.9. The lowest BCUT2D eigenvalue weighted by Crippen LogP contribution is -2.46. The summed E-state index contributed by atoms with van der Waals surface area (Å²) >= 11 is 1.69. The zero-order chi connectivity index (χ0) is 12.1. The van der Waals surface area contributed by atoms with Crippen molar-refractivity contribution in [3.63, 3.8) is 0 Å². The highest BCUT2D eigenvalue weighted by Crippen LogP contribution is 2.19. The summed E-state index contributed by atoms with van der Waals surface area (Å²) in [7, 11) is 0. The summed E-state index contributed by atoms with van der Waals surface area (Å²) in [6.07, 6.45) is 4.03. The van der Waals surface area contributed by atoms with Crippen molar-refractivity contribution in [1.82, 2.24) is 15.2 Å². The van der Waals surface area contributed by atoms with Crippen LogP contribution >= 0.6 is 11.3 Å². The van der Waals surface area contributed by atoms with Crippen LogP contribution in [-0.2, 0) is 6.54 Å². The molecule has 0 amide bonds. The van der Waals surface area contributed by atoms with Gasteiger partial charge in [0, 0.05) is 30.6 Å². The maximum absolute atomic E-state index is 4.40. The first-order chi connectivity index (χ1) is 8.25. The van der Waals surface area contributed by atoms with Gasteiger partial charge in [-0.1, -0.05) is 20.3 Å². The maximum atomic E-state index is 4.40. The molecule has 1 saturated heterocycles. The van der Waals surface area contributed by atoms with Crippen LogP contribution in [0.1, 0.15) is 38.8 Å². The fraction of sp³-hybridized carbons (Fsp3) is 0.769. The van der Waals surface area contributed by atoms with Crippen LogP contribution in [0.5, 0.6) is 0 Å². The lowest BCUT2D eigenvalue weighted by atomic mass is 10.0. The van der Waals surface area contributed by atoms with E-state index in [0.717, 1.165) is 13.1 Å². The Bertz CT molecular complexity index is 310. The van der Waals surface area contributed by atoms with E-state index in [1.165, 1.54) is 31.5 Å². The van der Waals surface area contributed by atoms with Crippen molar-refractivity contribution < 1.29 is 0 Å². The number of aromatic nitrogens is 1. The monoisotopic (exact) mass is 253 g/mol. The average Bonchev–Trinajstić information content (AvgIpc) is 2.80. The van der Waals surface area contributed by atoms with Crippen molar-refractivity contribution in [2.24, 2.45) is 0 Å². The Hall–Kier alpha value is -0.450. The smallest absolute Gasteiger partial charge is 0.0795 e. The van der Waals surface area contributed by atoms with Gasteiger partial charge >= 0.3 is 0 Å². The summed E-state index contributed by atoms with van der Waals surface area (Å²) in [5.41, 5.74) is 3.16. The highest BCUT2D eigenvalue weighted by Gasteiger charge is 2.22. The normalized spacial score (nSPS) is 22.2. The topological polar surface area (TPSA) is 28.2 Å². The molecule has 0 saturated carbocycles. The van der Waals surface area contributed by atoms with Crippen LogP contribution in [0.3, 0.4) is 0 Å². The first kappa shape index (κ1) is 13.0. The Morgan fingerprint density at radius 1 is 1.53 bits per heavy atom. The number of nitrogens with zero attached hydrogens (tertiary/aromatic N) is 2. The molecule has 1 aromatic rings. The first-order valence-corrected chi connectivity index (χ1v) is 7.54. The van der Waals surface area contributed by atoms with Gasteiger partial charge in [0.15, 0.2) is 0 Å². The quantitative estimate of drug-likeness (QED) is 0.874. The summed E-state index contributed by atoms with van der Waals surface area (Å²) in [5, 5.41) is 5.73. The molecule has 17 heavy (non-hydrogen) atoms. The number of hydrogen-bond donors (Lipinski definition) is 1. The van der Waals surface area contributed by atoms with Gasteiger partial charge < -0.3 is 5.32 Å². The van der Waals surface area contributed by atoms with E-state index in [9.17, 15) is 0 Å². The van der Waals surface area contributed by atoms with Gasteiger partial charge in [-0.2, -0.15) is 0 Å². The van der Waals surface area contributed by atoms with Crippen molar-refractivity contribution in [2.45, 2.75) is 51.7 Å². The molecule has 1 aliphatic heterocycles. The Balaban J connectivity index is 1.87. The number of likely N-dealkylation sites (tertiary alicyclic amines) is 1. The van der Waals surface area contributed by atoms with Gasteiger partial charge in [0.25, 0.3) is 0 Å². The second-order valence-corrected chi connectivity index (χ2v) is 5.88. The van der Waals surface area contributed by atoms with Gasteiger partial charge in [-0.25, -0.2) is 4.98 Å². The number of rotatable bonds is 5. The predicted molar refractivity (Wildman–Crippen MR) is 73.3 cm³/mol. The molecule has 1 fully saturated rings. The molecule has 0 bridgehead atoms. The van der Waals surface area contributed by atoms with Crippen LogP contribution in [0, 0.1) is 0 Å². The van der Waals surface area contributed by atoms with Crippen molar-refractivity contribution in [1.29, 1.82) is 0 Å². The molecule has 0 spiro atoms. The van der Waals surface area contributed by atoms with Crippen molar-refractivity contribution in [3.8, 4) is 0 Å². The molecule has 3 nitrogen and oxygen atoms in total. The Labute approximate surface area is 108 Å². The second-order valence-electron chi connectivity index (χ2n) is 5.16. The summed E-state index contributed by atoms with van der Waals surface area (Å²) in [6, 6.07) is 1.27. The van der Waals surface area contributed by atoms with E-state index in [0.29, 0.717) is 12.1 Å². The largest absolute Gasteiger partial charge is 0.313 e. The maximum Gasteiger partial charge on any atom is 0.0795 e. The van der Waals surface area contributed by atoms with Crippen LogP contribution in [-0.4, -0.2) is 35.1 Å². The molecule has 1 aliphatic rings. The molecule has 2 heterocycles. The molecular weight excluding hydrogens is 230 g/mol. The minimum atomic E-state index is 0.582. The van der Waals surface area contributed by atoms with Gasteiger partial charge in [-0.3, -0.25) is 4.90 Å². The van der Waals surface area contributed by atoms with E-state index in [2.05, 4.69) is 34.4 Å². The van der Waals surface area contributed by atoms with Gasteiger partial charge in [-0.05, 0) is 19.4 Å². The van der Waals surface area contributed by atoms with Gasteiger partial charge in [0.05, 0.1) is 11.2 Å². The Morgan fingerprint density at radius 2 is 2.41 bits per heavy atom. The SMILES string of the molecule is CC(C)NCC1CCCCN1Cc1cscn1. The molecule has 2 rings (SSSR count). The lowest BCUT2D eigenvalue weighted by Gasteiger charge is -2.35. The second kappa shape index (κ2) is 6.47. The fourth-order valence-corrected chi connectivity index (χ4v) is 2.94. The molecule has 0 radical (unpaired) electrons. The molecule has 1 unspecified atom stereocenters. The van der Waals surface area contributed by atoms with Gasteiger partial charge in [0.1, 0.15) is 0 Å². The molecular formula is C13H23N3S. The molecule has 0 aliphatic carbocycles. The van der Waals surface area contributed by atoms with Gasteiger partial charge in [0.2, 0.25) is 0 Å². The van der Waals surface area contributed by atoms with Crippen molar-refractivity contribution in [3.05, 3.63) is 16.6 Å². The molecule has 96 valence electrons. The third kappa shape index (κ3) is 4.05.